The summed E-state index contributed by atoms with van der Waals surface area (Å²) in [6.45, 7) is 5.38. The highest BCUT2D eigenvalue weighted by atomic mass is 32.2. The lowest BCUT2D eigenvalue weighted by Gasteiger charge is -2.26. The van der Waals surface area contributed by atoms with Gasteiger partial charge in [-0.2, -0.15) is 0 Å². The molecule has 0 aromatic carbocycles. The number of amides is 1. The second-order valence-electron chi connectivity index (χ2n) is 6.21. The summed E-state index contributed by atoms with van der Waals surface area (Å²) >= 11 is 0. The van der Waals surface area contributed by atoms with E-state index in [1.807, 2.05) is 13.0 Å². The van der Waals surface area contributed by atoms with Crippen LogP contribution >= 0.6 is 0 Å². The van der Waals surface area contributed by atoms with Gasteiger partial charge in [0.2, 0.25) is 0 Å². The number of nitrogens with one attached hydrogen (secondary N) is 1. The van der Waals surface area contributed by atoms with Gasteiger partial charge in [0.05, 0.1) is 11.5 Å². The van der Waals surface area contributed by atoms with Crippen molar-refractivity contribution in [1.29, 1.82) is 0 Å². The van der Waals surface area contributed by atoms with Crippen LogP contribution in [-0.2, 0) is 9.84 Å². The Balaban J connectivity index is 2.04. The van der Waals surface area contributed by atoms with Crippen molar-refractivity contribution in [3.8, 4) is 0 Å². The van der Waals surface area contributed by atoms with Crippen molar-refractivity contribution in [2.45, 2.75) is 45.6 Å². The number of carbonyl (C=O) groups is 1. The number of unbranched alkanes of at least 4 members (excludes halogenated alkanes) is 2. The lowest BCUT2D eigenvalue weighted by atomic mass is 10.2. The topological polar surface area (TPSA) is 79.4 Å². The second-order valence-corrected chi connectivity index (χ2v) is 8.44. The fourth-order valence-corrected chi connectivity index (χ4v) is 4.73. The van der Waals surface area contributed by atoms with Crippen LogP contribution in [0.15, 0.2) is 18.3 Å². The third-order valence-electron chi connectivity index (χ3n) is 4.34. The molecule has 0 saturated carbocycles. The van der Waals surface area contributed by atoms with Crippen LogP contribution in [0.5, 0.6) is 0 Å². The standard InChI is InChI=1S/C17H27N3O3S/c1-3-5-6-9-18-14-7-10-19-16(12-14)17(21)20(4-2)15-8-11-24(22,23)13-15/h7,10,12,15H,3-6,8-9,11,13H2,1-2H3,(H,18,19). The van der Waals surface area contributed by atoms with Crippen molar-refractivity contribution in [2.75, 3.05) is 29.9 Å². The Morgan fingerprint density at radius 1 is 1.38 bits per heavy atom. The van der Waals surface area contributed by atoms with Crippen LogP contribution in [0.25, 0.3) is 0 Å². The molecule has 134 valence electrons. The van der Waals surface area contributed by atoms with Crippen molar-refractivity contribution < 1.29 is 13.2 Å². The maximum Gasteiger partial charge on any atom is 0.272 e. The molecule has 6 nitrogen and oxygen atoms in total. The van der Waals surface area contributed by atoms with E-state index in [4.69, 9.17) is 0 Å². The average Bonchev–Trinajstić information content (AvgIpc) is 2.92. The third-order valence-corrected chi connectivity index (χ3v) is 6.09. The van der Waals surface area contributed by atoms with Crippen molar-refractivity contribution >= 4 is 21.4 Å². The molecule has 1 fully saturated rings. The van der Waals surface area contributed by atoms with Crippen LogP contribution in [-0.4, -0.2) is 54.8 Å². The molecule has 1 aromatic heterocycles. The molecule has 1 N–H and O–H groups in total. The third kappa shape index (κ3) is 4.93. The zero-order chi connectivity index (χ0) is 17.6. The lowest BCUT2D eigenvalue weighted by molar-refractivity contribution is 0.0702. The molecular formula is C17H27N3O3S. The number of hydrogen-bond donors (Lipinski definition) is 1. The smallest absolute Gasteiger partial charge is 0.272 e. The van der Waals surface area contributed by atoms with E-state index in [0.29, 0.717) is 18.7 Å². The summed E-state index contributed by atoms with van der Waals surface area (Å²) in [5.74, 6) is 0.0203. The van der Waals surface area contributed by atoms with Crippen LogP contribution in [0.2, 0.25) is 0 Å². The van der Waals surface area contributed by atoms with Gasteiger partial charge in [-0.25, -0.2) is 8.42 Å². The summed E-state index contributed by atoms with van der Waals surface area (Å²) in [5.41, 5.74) is 1.24. The van der Waals surface area contributed by atoms with Gasteiger partial charge in [0.1, 0.15) is 5.69 Å². The number of anilines is 1. The van der Waals surface area contributed by atoms with Crippen LogP contribution < -0.4 is 5.32 Å². The number of carbonyl (C=O) groups excluding carboxylic acids is 1. The fraction of sp³-hybridized carbons (Fsp3) is 0.647. The second kappa shape index (κ2) is 8.46. The van der Waals surface area contributed by atoms with Crippen LogP contribution in [0.1, 0.15) is 50.0 Å². The van der Waals surface area contributed by atoms with Crippen LogP contribution in [0.3, 0.4) is 0 Å². The minimum absolute atomic E-state index is 0.0571. The summed E-state index contributed by atoms with van der Waals surface area (Å²) in [5, 5.41) is 3.31. The van der Waals surface area contributed by atoms with E-state index < -0.39 is 9.84 Å². The molecule has 0 spiro atoms. The first-order valence-electron chi connectivity index (χ1n) is 8.68. The van der Waals surface area contributed by atoms with Gasteiger partial charge in [-0.1, -0.05) is 19.8 Å². The maximum atomic E-state index is 12.7. The molecular weight excluding hydrogens is 326 g/mol. The van der Waals surface area contributed by atoms with E-state index in [1.54, 1.807) is 17.2 Å². The molecule has 0 radical (unpaired) electrons. The van der Waals surface area contributed by atoms with Crippen LogP contribution in [0.4, 0.5) is 5.69 Å². The van der Waals surface area contributed by atoms with E-state index in [1.165, 1.54) is 6.42 Å². The summed E-state index contributed by atoms with van der Waals surface area (Å²) in [6.07, 6.45) is 5.55. The van der Waals surface area contributed by atoms with Crippen molar-refractivity contribution in [3.63, 3.8) is 0 Å². The minimum atomic E-state index is -3.02. The van der Waals surface area contributed by atoms with Gasteiger partial charge in [-0.3, -0.25) is 9.78 Å². The molecule has 2 heterocycles. The Morgan fingerprint density at radius 2 is 2.17 bits per heavy atom. The highest BCUT2D eigenvalue weighted by Gasteiger charge is 2.34. The molecule has 1 amide bonds. The molecule has 0 aliphatic carbocycles. The van der Waals surface area contributed by atoms with Crippen molar-refractivity contribution in [1.82, 2.24) is 9.88 Å². The summed E-state index contributed by atoms with van der Waals surface area (Å²) in [6, 6.07) is 3.36. The molecule has 0 bridgehead atoms. The number of pyridine rings is 1. The first kappa shape index (κ1) is 18.7. The van der Waals surface area contributed by atoms with E-state index >= 15 is 0 Å². The van der Waals surface area contributed by atoms with Gasteiger partial charge < -0.3 is 10.2 Å². The minimum Gasteiger partial charge on any atom is -0.385 e. The van der Waals surface area contributed by atoms with Crippen LogP contribution in [0, 0.1) is 0 Å². The Morgan fingerprint density at radius 3 is 2.79 bits per heavy atom. The average molecular weight is 353 g/mol. The molecule has 1 aromatic rings. The van der Waals surface area contributed by atoms with E-state index in [2.05, 4.69) is 17.2 Å². The maximum absolute atomic E-state index is 12.7. The zero-order valence-corrected chi connectivity index (χ0v) is 15.3. The molecule has 1 atom stereocenters. The van der Waals surface area contributed by atoms with Gasteiger partial charge in [-0.15, -0.1) is 0 Å². The quantitative estimate of drug-likeness (QED) is 0.726. The van der Waals surface area contributed by atoms with E-state index in [-0.39, 0.29) is 23.5 Å². The Kier molecular flexibility index (Phi) is 6.60. The molecule has 24 heavy (non-hydrogen) atoms. The van der Waals surface area contributed by atoms with Gasteiger partial charge in [0, 0.05) is 31.0 Å². The predicted molar refractivity (Wildman–Crippen MR) is 96.0 cm³/mol. The number of aromatic nitrogens is 1. The predicted octanol–water partition coefficient (Wildman–Crippen LogP) is 2.33. The highest BCUT2D eigenvalue weighted by molar-refractivity contribution is 7.91. The summed E-state index contributed by atoms with van der Waals surface area (Å²) < 4.78 is 23.4. The Bertz CT molecular complexity index is 661. The molecule has 1 aliphatic rings. The normalized spacial score (nSPS) is 19.2. The molecule has 1 unspecified atom stereocenters. The molecule has 7 heteroatoms. The molecule has 1 aliphatic heterocycles. The fourth-order valence-electron chi connectivity index (χ4n) is 3.00. The monoisotopic (exact) mass is 353 g/mol. The number of hydrogen-bond acceptors (Lipinski definition) is 5. The SMILES string of the molecule is CCCCCNc1ccnc(C(=O)N(CC)C2CCS(=O)(=O)C2)c1. The zero-order valence-electron chi connectivity index (χ0n) is 14.5. The summed E-state index contributed by atoms with van der Waals surface area (Å²) in [7, 11) is -3.02. The van der Waals surface area contributed by atoms with E-state index in [0.717, 1.165) is 25.1 Å². The first-order chi connectivity index (χ1) is 11.5. The number of rotatable bonds is 8. The van der Waals surface area contributed by atoms with Gasteiger partial charge in [0.25, 0.3) is 5.91 Å². The number of sulfone groups is 1. The summed E-state index contributed by atoms with van der Waals surface area (Å²) in [4.78, 5) is 18.6. The molecule has 1 saturated heterocycles. The van der Waals surface area contributed by atoms with Crippen molar-refractivity contribution in [3.05, 3.63) is 24.0 Å². The molecule has 2 rings (SSSR count). The van der Waals surface area contributed by atoms with E-state index in [9.17, 15) is 13.2 Å². The van der Waals surface area contributed by atoms with Gasteiger partial charge >= 0.3 is 0 Å². The Hall–Kier alpha value is -1.63. The largest absolute Gasteiger partial charge is 0.385 e. The number of nitrogens with zero attached hydrogens (tertiary/aromatic N) is 2. The van der Waals surface area contributed by atoms with Gasteiger partial charge in [-0.05, 0) is 31.9 Å². The lowest BCUT2D eigenvalue weighted by Crippen LogP contribution is -2.41. The highest BCUT2D eigenvalue weighted by Crippen LogP contribution is 2.20. The Labute approximate surface area is 144 Å². The first-order valence-corrected chi connectivity index (χ1v) is 10.5. The van der Waals surface area contributed by atoms with Gasteiger partial charge in [0.15, 0.2) is 9.84 Å². The van der Waals surface area contributed by atoms with Crippen molar-refractivity contribution in [2.24, 2.45) is 0 Å².